The molecule has 0 aliphatic carbocycles. The maximum atomic E-state index is 13.1. The first-order valence-electron chi connectivity index (χ1n) is 8.70. The van der Waals surface area contributed by atoms with Crippen LogP contribution < -0.4 is 5.32 Å². The van der Waals surface area contributed by atoms with Crippen molar-refractivity contribution in [3.05, 3.63) is 69.9 Å². The molecule has 1 N–H and O–H groups in total. The number of anilines is 1. The molecule has 134 valence electrons. The van der Waals surface area contributed by atoms with Crippen molar-refractivity contribution in [2.45, 2.75) is 33.6 Å². The lowest BCUT2D eigenvalue weighted by Gasteiger charge is -2.14. The van der Waals surface area contributed by atoms with Gasteiger partial charge in [0.25, 0.3) is 5.91 Å². The Morgan fingerprint density at radius 2 is 1.73 bits per heavy atom. The zero-order valence-electron chi connectivity index (χ0n) is 15.1. The van der Waals surface area contributed by atoms with Gasteiger partial charge >= 0.3 is 0 Å². The Bertz CT molecular complexity index is 925. The number of benzene rings is 2. The third-order valence-corrected chi connectivity index (χ3v) is 4.79. The molecule has 0 saturated heterocycles. The van der Waals surface area contributed by atoms with Gasteiger partial charge in [-0.15, -0.1) is 0 Å². The molecule has 0 unspecified atom stereocenters. The van der Waals surface area contributed by atoms with Crippen molar-refractivity contribution in [3.63, 3.8) is 0 Å². The predicted molar refractivity (Wildman–Crippen MR) is 105 cm³/mol. The molecule has 1 heterocycles. The molecule has 0 saturated carbocycles. The lowest BCUT2D eigenvalue weighted by atomic mass is 10.0. The zero-order valence-corrected chi connectivity index (χ0v) is 15.9. The Kier molecular flexibility index (Phi) is 5.43. The molecule has 0 fully saturated rings. The van der Waals surface area contributed by atoms with E-state index in [-0.39, 0.29) is 5.91 Å². The highest BCUT2D eigenvalue weighted by atomic mass is 35.5. The van der Waals surface area contributed by atoms with E-state index < -0.39 is 0 Å². The van der Waals surface area contributed by atoms with Crippen LogP contribution in [-0.2, 0) is 12.8 Å². The second-order valence-corrected chi connectivity index (χ2v) is 6.46. The highest BCUT2D eigenvalue weighted by Gasteiger charge is 2.24. The molecule has 26 heavy (non-hydrogen) atoms. The first-order chi connectivity index (χ1) is 12.6. The average Bonchev–Trinajstić information content (AvgIpc) is 3.03. The van der Waals surface area contributed by atoms with Crippen molar-refractivity contribution in [1.29, 1.82) is 0 Å². The van der Waals surface area contributed by atoms with E-state index in [1.165, 1.54) is 0 Å². The molecule has 0 radical (unpaired) electrons. The highest BCUT2D eigenvalue weighted by molar-refractivity contribution is 6.33. The molecule has 3 aromatic rings. The molecule has 5 heteroatoms. The number of nitrogens with zero attached hydrogens (tertiary/aromatic N) is 1. The van der Waals surface area contributed by atoms with Crippen molar-refractivity contribution in [3.8, 4) is 11.3 Å². The van der Waals surface area contributed by atoms with Crippen LogP contribution in [-0.4, -0.2) is 11.1 Å². The fourth-order valence-corrected chi connectivity index (χ4v) is 3.28. The van der Waals surface area contributed by atoms with Gasteiger partial charge in [-0.2, -0.15) is 0 Å². The van der Waals surface area contributed by atoms with E-state index in [0.29, 0.717) is 27.6 Å². The Balaban J connectivity index is 2.03. The van der Waals surface area contributed by atoms with Crippen LogP contribution in [0, 0.1) is 6.92 Å². The summed E-state index contributed by atoms with van der Waals surface area (Å²) >= 11 is 6.29. The number of nitrogens with one attached hydrogen (secondary N) is 1. The second-order valence-electron chi connectivity index (χ2n) is 6.05. The number of carbonyl (C=O) groups excluding carboxylic acids is 1. The summed E-state index contributed by atoms with van der Waals surface area (Å²) in [6.07, 6.45) is 1.67. The van der Waals surface area contributed by atoms with Gasteiger partial charge in [-0.25, -0.2) is 0 Å². The largest absolute Gasteiger partial charge is 0.360 e. The van der Waals surface area contributed by atoms with Crippen LogP contribution in [0.15, 0.2) is 47.0 Å². The van der Waals surface area contributed by atoms with Gasteiger partial charge in [0.1, 0.15) is 17.0 Å². The SMILES string of the molecule is CCc1cccc(CC)c1NC(=O)c1c(-c2ccccc2Cl)noc1C. The van der Waals surface area contributed by atoms with Gasteiger partial charge in [0.15, 0.2) is 0 Å². The molecule has 0 spiro atoms. The number of aromatic nitrogens is 1. The monoisotopic (exact) mass is 368 g/mol. The predicted octanol–water partition coefficient (Wildman–Crippen LogP) is 5.68. The maximum absolute atomic E-state index is 13.1. The summed E-state index contributed by atoms with van der Waals surface area (Å²) in [6, 6.07) is 13.4. The quantitative estimate of drug-likeness (QED) is 0.630. The van der Waals surface area contributed by atoms with E-state index in [1.807, 2.05) is 36.4 Å². The molecule has 1 amide bonds. The van der Waals surface area contributed by atoms with Crippen molar-refractivity contribution in [2.24, 2.45) is 0 Å². The average molecular weight is 369 g/mol. The van der Waals surface area contributed by atoms with Crippen molar-refractivity contribution < 1.29 is 9.32 Å². The maximum Gasteiger partial charge on any atom is 0.261 e. The summed E-state index contributed by atoms with van der Waals surface area (Å²) in [4.78, 5) is 13.1. The van der Waals surface area contributed by atoms with Gasteiger partial charge in [-0.1, -0.05) is 67.0 Å². The number of hydrogen-bond donors (Lipinski definition) is 1. The first-order valence-corrected chi connectivity index (χ1v) is 9.07. The Hall–Kier alpha value is -2.59. The van der Waals surface area contributed by atoms with E-state index in [4.69, 9.17) is 16.1 Å². The number of hydrogen-bond acceptors (Lipinski definition) is 3. The van der Waals surface area contributed by atoms with Crippen LogP contribution in [0.4, 0.5) is 5.69 Å². The molecule has 4 nitrogen and oxygen atoms in total. The normalized spacial score (nSPS) is 10.8. The van der Waals surface area contributed by atoms with E-state index in [0.717, 1.165) is 29.7 Å². The third kappa shape index (κ3) is 3.37. The van der Waals surface area contributed by atoms with Gasteiger partial charge < -0.3 is 9.84 Å². The molecule has 0 aliphatic rings. The molecular formula is C21H21ClN2O2. The van der Waals surface area contributed by atoms with Crippen molar-refractivity contribution in [2.75, 3.05) is 5.32 Å². The second kappa shape index (κ2) is 7.75. The molecule has 0 atom stereocenters. The first kappa shape index (κ1) is 18.2. The van der Waals surface area contributed by atoms with Crippen LogP contribution >= 0.6 is 11.6 Å². The third-order valence-electron chi connectivity index (χ3n) is 4.46. The number of aryl methyl sites for hydroxylation is 3. The number of rotatable bonds is 5. The molecular weight excluding hydrogens is 348 g/mol. The Labute approximate surface area is 158 Å². The van der Waals surface area contributed by atoms with Crippen molar-refractivity contribution >= 4 is 23.2 Å². The minimum absolute atomic E-state index is 0.241. The highest BCUT2D eigenvalue weighted by Crippen LogP contribution is 2.32. The summed E-state index contributed by atoms with van der Waals surface area (Å²) in [6.45, 7) is 5.88. The summed E-state index contributed by atoms with van der Waals surface area (Å²) in [5.41, 5.74) is 4.62. The fraction of sp³-hybridized carbons (Fsp3) is 0.238. The van der Waals surface area contributed by atoms with Crippen LogP contribution in [0.25, 0.3) is 11.3 Å². The van der Waals surface area contributed by atoms with E-state index in [2.05, 4.69) is 24.3 Å². The zero-order chi connectivity index (χ0) is 18.7. The molecule has 1 aromatic heterocycles. The Morgan fingerprint density at radius 1 is 1.08 bits per heavy atom. The number of amides is 1. The minimum Gasteiger partial charge on any atom is -0.360 e. The molecule has 2 aromatic carbocycles. The van der Waals surface area contributed by atoms with Crippen LogP contribution in [0.5, 0.6) is 0 Å². The lowest BCUT2D eigenvalue weighted by molar-refractivity contribution is 0.102. The standard InChI is InChI=1S/C21H21ClN2O2/c1-4-14-9-8-10-15(5-2)19(14)23-21(25)18-13(3)26-24-20(18)16-11-6-7-12-17(16)22/h6-12H,4-5H2,1-3H3,(H,23,25). The summed E-state index contributed by atoms with van der Waals surface area (Å²) < 4.78 is 5.31. The van der Waals surface area contributed by atoms with Gasteiger partial charge in [0.05, 0.1) is 5.02 Å². The molecule has 0 aliphatic heterocycles. The minimum atomic E-state index is -0.241. The number of para-hydroxylation sites is 1. The van der Waals surface area contributed by atoms with Crippen LogP contribution in [0.1, 0.15) is 41.1 Å². The number of halogens is 1. The van der Waals surface area contributed by atoms with Crippen molar-refractivity contribution in [1.82, 2.24) is 5.16 Å². The van der Waals surface area contributed by atoms with E-state index in [1.54, 1.807) is 13.0 Å². The van der Waals surface area contributed by atoms with Gasteiger partial charge in [0, 0.05) is 11.3 Å². The molecule has 3 rings (SSSR count). The fourth-order valence-electron chi connectivity index (χ4n) is 3.06. The number of carbonyl (C=O) groups is 1. The van der Waals surface area contributed by atoms with Gasteiger partial charge in [0.2, 0.25) is 0 Å². The van der Waals surface area contributed by atoms with E-state index >= 15 is 0 Å². The smallest absolute Gasteiger partial charge is 0.261 e. The summed E-state index contributed by atoms with van der Waals surface area (Å²) in [5, 5.41) is 7.67. The van der Waals surface area contributed by atoms with E-state index in [9.17, 15) is 4.79 Å². The van der Waals surface area contributed by atoms with Crippen LogP contribution in [0.2, 0.25) is 5.02 Å². The Morgan fingerprint density at radius 3 is 2.35 bits per heavy atom. The summed E-state index contributed by atoms with van der Waals surface area (Å²) in [7, 11) is 0. The topological polar surface area (TPSA) is 55.1 Å². The summed E-state index contributed by atoms with van der Waals surface area (Å²) in [5.74, 6) is 0.221. The molecule has 0 bridgehead atoms. The lowest BCUT2D eigenvalue weighted by Crippen LogP contribution is -2.16. The van der Waals surface area contributed by atoms with Gasteiger partial charge in [-0.05, 0) is 37.0 Å². The van der Waals surface area contributed by atoms with Crippen LogP contribution in [0.3, 0.4) is 0 Å². The van der Waals surface area contributed by atoms with Gasteiger partial charge in [-0.3, -0.25) is 4.79 Å².